The molecule has 1 aliphatic rings. The Labute approximate surface area is 147 Å². The van der Waals surface area contributed by atoms with Crippen LogP contribution in [0.3, 0.4) is 0 Å². The van der Waals surface area contributed by atoms with Crippen molar-refractivity contribution in [2.24, 2.45) is 0 Å². The van der Waals surface area contributed by atoms with Crippen molar-refractivity contribution >= 4 is 11.8 Å². The summed E-state index contributed by atoms with van der Waals surface area (Å²) in [6, 6.07) is 5.46. The summed E-state index contributed by atoms with van der Waals surface area (Å²) in [6.45, 7) is 8.96. The molecule has 2 atom stereocenters. The Hall–Kier alpha value is -2.57. The fourth-order valence-corrected chi connectivity index (χ4v) is 3.41. The van der Waals surface area contributed by atoms with Crippen LogP contribution in [0.4, 0.5) is 0 Å². The molecule has 3 heterocycles. The van der Waals surface area contributed by atoms with E-state index in [0.717, 1.165) is 23.8 Å². The summed E-state index contributed by atoms with van der Waals surface area (Å²) in [5.74, 6) is 1.33. The molecule has 0 spiro atoms. The molecule has 0 aromatic carbocycles. The van der Waals surface area contributed by atoms with Crippen LogP contribution in [0.25, 0.3) is 0 Å². The molecular formula is C18H24N4O3. The maximum absolute atomic E-state index is 12.8. The fourth-order valence-electron chi connectivity index (χ4n) is 3.41. The minimum absolute atomic E-state index is 0.0593. The average molecular weight is 344 g/mol. The summed E-state index contributed by atoms with van der Waals surface area (Å²) < 4.78 is 7.55. The second kappa shape index (κ2) is 6.74. The van der Waals surface area contributed by atoms with Gasteiger partial charge in [-0.2, -0.15) is 5.10 Å². The van der Waals surface area contributed by atoms with Crippen LogP contribution in [-0.2, 0) is 11.3 Å². The van der Waals surface area contributed by atoms with E-state index >= 15 is 0 Å². The second-order valence-corrected chi connectivity index (χ2v) is 6.56. The lowest BCUT2D eigenvalue weighted by molar-refractivity contribution is -0.119. The first-order valence-corrected chi connectivity index (χ1v) is 8.56. The van der Waals surface area contributed by atoms with E-state index in [4.69, 9.17) is 4.42 Å². The first-order valence-electron chi connectivity index (χ1n) is 8.56. The van der Waals surface area contributed by atoms with Crippen LogP contribution in [0.1, 0.15) is 47.5 Å². The van der Waals surface area contributed by atoms with Gasteiger partial charge in [0.1, 0.15) is 11.5 Å². The number of aryl methyl sites for hydroxylation is 3. The van der Waals surface area contributed by atoms with E-state index in [1.54, 1.807) is 4.90 Å². The summed E-state index contributed by atoms with van der Waals surface area (Å²) >= 11 is 0. The van der Waals surface area contributed by atoms with Crippen molar-refractivity contribution in [2.75, 3.05) is 13.1 Å². The molecule has 134 valence electrons. The lowest BCUT2D eigenvalue weighted by atomic mass is 10.0. The van der Waals surface area contributed by atoms with Gasteiger partial charge in [0.25, 0.3) is 5.91 Å². The molecule has 7 heteroatoms. The molecule has 0 unspecified atom stereocenters. The summed E-state index contributed by atoms with van der Waals surface area (Å²) in [5, 5.41) is 7.32. The van der Waals surface area contributed by atoms with Gasteiger partial charge in [-0.15, -0.1) is 0 Å². The molecule has 1 aliphatic heterocycles. The Morgan fingerprint density at radius 3 is 2.64 bits per heavy atom. The SMILES string of the molecule is CCn1nc(C(=O)N2C[C@H](NC(C)=O)[C@@H](c3ccc(C)o3)C2)cc1C. The number of furan rings is 1. The minimum Gasteiger partial charge on any atom is -0.466 e. The van der Waals surface area contributed by atoms with E-state index in [-0.39, 0.29) is 23.8 Å². The van der Waals surface area contributed by atoms with E-state index in [9.17, 15) is 9.59 Å². The normalized spacial score (nSPS) is 20.1. The third-order valence-corrected chi connectivity index (χ3v) is 4.62. The highest BCUT2D eigenvalue weighted by atomic mass is 16.3. The second-order valence-electron chi connectivity index (χ2n) is 6.56. The average Bonchev–Trinajstić information content (AvgIpc) is 3.24. The lowest BCUT2D eigenvalue weighted by Crippen LogP contribution is -2.39. The van der Waals surface area contributed by atoms with Crippen molar-refractivity contribution < 1.29 is 14.0 Å². The zero-order valence-corrected chi connectivity index (χ0v) is 15.1. The van der Waals surface area contributed by atoms with Gasteiger partial charge in [0.2, 0.25) is 5.91 Å². The van der Waals surface area contributed by atoms with Crippen molar-refractivity contribution in [1.29, 1.82) is 0 Å². The fraction of sp³-hybridized carbons (Fsp3) is 0.500. The molecule has 1 fully saturated rings. The van der Waals surface area contributed by atoms with Crippen molar-refractivity contribution in [3.63, 3.8) is 0 Å². The molecule has 0 saturated carbocycles. The van der Waals surface area contributed by atoms with Gasteiger partial charge in [0.05, 0.1) is 12.0 Å². The molecular weight excluding hydrogens is 320 g/mol. The monoisotopic (exact) mass is 344 g/mol. The summed E-state index contributed by atoms with van der Waals surface area (Å²) in [5.41, 5.74) is 1.40. The highest BCUT2D eigenvalue weighted by Gasteiger charge is 2.39. The van der Waals surface area contributed by atoms with Crippen LogP contribution in [0.5, 0.6) is 0 Å². The zero-order chi connectivity index (χ0) is 18.1. The molecule has 0 bridgehead atoms. The number of hydrogen-bond acceptors (Lipinski definition) is 4. The number of carbonyl (C=O) groups excluding carboxylic acids is 2. The third kappa shape index (κ3) is 3.45. The van der Waals surface area contributed by atoms with Gasteiger partial charge in [-0.3, -0.25) is 14.3 Å². The van der Waals surface area contributed by atoms with Gasteiger partial charge < -0.3 is 14.6 Å². The third-order valence-electron chi connectivity index (χ3n) is 4.62. The first-order chi connectivity index (χ1) is 11.9. The molecule has 0 aliphatic carbocycles. The molecule has 7 nitrogen and oxygen atoms in total. The van der Waals surface area contributed by atoms with E-state index in [0.29, 0.717) is 18.8 Å². The topological polar surface area (TPSA) is 80.4 Å². The maximum Gasteiger partial charge on any atom is 0.274 e. The van der Waals surface area contributed by atoms with E-state index in [1.165, 1.54) is 6.92 Å². The van der Waals surface area contributed by atoms with Crippen LogP contribution in [0.15, 0.2) is 22.6 Å². The molecule has 2 amide bonds. The highest BCUT2D eigenvalue weighted by Crippen LogP contribution is 2.30. The number of nitrogens with one attached hydrogen (secondary N) is 1. The summed E-state index contributed by atoms with van der Waals surface area (Å²) in [7, 11) is 0. The van der Waals surface area contributed by atoms with Crippen LogP contribution < -0.4 is 5.32 Å². The number of rotatable bonds is 4. The van der Waals surface area contributed by atoms with Crippen LogP contribution >= 0.6 is 0 Å². The van der Waals surface area contributed by atoms with E-state index in [1.807, 2.05) is 43.7 Å². The summed E-state index contributed by atoms with van der Waals surface area (Å²) in [6.07, 6.45) is 0. The maximum atomic E-state index is 12.8. The molecule has 2 aromatic heterocycles. The molecule has 0 radical (unpaired) electrons. The number of carbonyl (C=O) groups is 2. The Kier molecular flexibility index (Phi) is 4.65. The van der Waals surface area contributed by atoms with Gasteiger partial charge in [0.15, 0.2) is 5.69 Å². The minimum atomic E-state index is -0.165. The van der Waals surface area contributed by atoms with Gasteiger partial charge >= 0.3 is 0 Å². The molecule has 1 N–H and O–H groups in total. The van der Waals surface area contributed by atoms with Gasteiger partial charge in [0, 0.05) is 32.3 Å². The quantitative estimate of drug-likeness (QED) is 0.918. The lowest BCUT2D eigenvalue weighted by Gasteiger charge is -2.16. The van der Waals surface area contributed by atoms with Gasteiger partial charge in [-0.25, -0.2) is 0 Å². The van der Waals surface area contributed by atoms with Gasteiger partial charge in [-0.05, 0) is 39.0 Å². The Morgan fingerprint density at radius 1 is 1.32 bits per heavy atom. The predicted molar refractivity (Wildman–Crippen MR) is 92.3 cm³/mol. The smallest absolute Gasteiger partial charge is 0.274 e. The number of aromatic nitrogens is 2. The summed E-state index contributed by atoms with van der Waals surface area (Å²) in [4.78, 5) is 26.1. The van der Waals surface area contributed by atoms with Crippen molar-refractivity contribution in [1.82, 2.24) is 20.0 Å². The number of likely N-dealkylation sites (tertiary alicyclic amines) is 1. The Balaban J connectivity index is 1.82. The molecule has 2 aromatic rings. The van der Waals surface area contributed by atoms with Crippen LogP contribution in [0.2, 0.25) is 0 Å². The van der Waals surface area contributed by atoms with Crippen molar-refractivity contribution in [2.45, 2.75) is 46.2 Å². The zero-order valence-electron chi connectivity index (χ0n) is 15.1. The Bertz CT molecular complexity index is 792. The molecule has 1 saturated heterocycles. The van der Waals surface area contributed by atoms with E-state index in [2.05, 4.69) is 10.4 Å². The molecule has 25 heavy (non-hydrogen) atoms. The largest absolute Gasteiger partial charge is 0.466 e. The number of hydrogen-bond donors (Lipinski definition) is 1. The van der Waals surface area contributed by atoms with Crippen molar-refractivity contribution in [3.05, 3.63) is 41.1 Å². The van der Waals surface area contributed by atoms with Gasteiger partial charge in [-0.1, -0.05) is 0 Å². The highest BCUT2D eigenvalue weighted by molar-refractivity contribution is 5.92. The number of nitrogens with zero attached hydrogens (tertiary/aromatic N) is 3. The van der Waals surface area contributed by atoms with Crippen LogP contribution in [0, 0.1) is 13.8 Å². The van der Waals surface area contributed by atoms with E-state index < -0.39 is 0 Å². The Morgan fingerprint density at radius 2 is 2.08 bits per heavy atom. The molecule has 3 rings (SSSR count). The number of amides is 2. The standard InChI is InChI=1S/C18H24N4O3/c1-5-22-11(2)8-15(20-22)18(24)21-9-14(16(10-21)19-13(4)23)17-7-6-12(3)25-17/h6-8,14,16H,5,9-10H2,1-4H3,(H,19,23)/t14-,16-/m0/s1. The van der Waals surface area contributed by atoms with Crippen LogP contribution in [-0.4, -0.2) is 45.6 Å². The first kappa shape index (κ1) is 17.3. The van der Waals surface area contributed by atoms with Crippen molar-refractivity contribution in [3.8, 4) is 0 Å². The predicted octanol–water partition coefficient (Wildman–Crippen LogP) is 1.86.